The van der Waals surface area contributed by atoms with Crippen LogP contribution in [0.15, 0.2) is 36.5 Å². The number of nitrogens with one attached hydrogen (secondary N) is 2. The van der Waals surface area contributed by atoms with Gasteiger partial charge in [-0.1, -0.05) is 29.8 Å². The van der Waals surface area contributed by atoms with Crippen LogP contribution in [0.4, 0.5) is 10.6 Å². The predicted octanol–water partition coefficient (Wildman–Crippen LogP) is 2.09. The summed E-state index contributed by atoms with van der Waals surface area (Å²) in [4.78, 5) is 11.6. The summed E-state index contributed by atoms with van der Waals surface area (Å²) < 4.78 is 1.61. The van der Waals surface area contributed by atoms with Crippen molar-refractivity contribution in [2.45, 2.75) is 13.3 Å². The molecule has 0 fully saturated rings. The highest BCUT2D eigenvalue weighted by atomic mass is 16.2. The Morgan fingerprint density at radius 2 is 2.00 bits per heavy atom. The molecule has 0 spiro atoms. The highest BCUT2D eigenvalue weighted by molar-refractivity contribution is 5.88. The van der Waals surface area contributed by atoms with Gasteiger partial charge in [-0.25, -0.2) is 4.79 Å². The fourth-order valence-corrected chi connectivity index (χ4v) is 1.73. The van der Waals surface area contributed by atoms with Crippen LogP contribution in [0.1, 0.15) is 11.1 Å². The quantitative estimate of drug-likeness (QED) is 0.882. The van der Waals surface area contributed by atoms with Crippen LogP contribution in [-0.2, 0) is 13.5 Å². The number of urea groups is 1. The molecular formula is C14H18N4O. The number of anilines is 1. The van der Waals surface area contributed by atoms with Crippen LogP contribution in [-0.4, -0.2) is 22.4 Å². The summed E-state index contributed by atoms with van der Waals surface area (Å²) in [5.74, 6) is 0.674. The van der Waals surface area contributed by atoms with Crippen molar-refractivity contribution in [3.8, 4) is 0 Å². The number of aryl methyl sites for hydroxylation is 2. The molecule has 2 amide bonds. The van der Waals surface area contributed by atoms with E-state index in [1.54, 1.807) is 24.0 Å². The molecule has 0 saturated heterocycles. The average Bonchev–Trinajstić information content (AvgIpc) is 2.78. The Balaban J connectivity index is 1.75. The van der Waals surface area contributed by atoms with Gasteiger partial charge in [0.1, 0.15) is 5.82 Å². The van der Waals surface area contributed by atoms with Crippen molar-refractivity contribution >= 4 is 11.8 Å². The van der Waals surface area contributed by atoms with E-state index in [0.29, 0.717) is 12.4 Å². The summed E-state index contributed by atoms with van der Waals surface area (Å²) in [7, 11) is 1.78. The summed E-state index contributed by atoms with van der Waals surface area (Å²) in [6.45, 7) is 2.66. The molecule has 1 aromatic heterocycles. The first-order valence-electron chi connectivity index (χ1n) is 6.23. The van der Waals surface area contributed by atoms with Crippen LogP contribution in [0.2, 0.25) is 0 Å². The van der Waals surface area contributed by atoms with Gasteiger partial charge in [0.25, 0.3) is 0 Å². The number of carbonyl (C=O) groups excluding carboxylic acids is 1. The van der Waals surface area contributed by atoms with Crippen molar-refractivity contribution in [2.24, 2.45) is 7.05 Å². The molecule has 0 unspecified atom stereocenters. The zero-order chi connectivity index (χ0) is 13.7. The van der Waals surface area contributed by atoms with E-state index >= 15 is 0 Å². The largest absolute Gasteiger partial charge is 0.337 e. The molecule has 1 heterocycles. The second-order valence-corrected chi connectivity index (χ2v) is 4.46. The van der Waals surface area contributed by atoms with E-state index in [2.05, 4.69) is 46.9 Å². The maximum Gasteiger partial charge on any atom is 0.320 e. The number of aromatic nitrogens is 2. The van der Waals surface area contributed by atoms with E-state index in [-0.39, 0.29) is 6.03 Å². The van der Waals surface area contributed by atoms with Crippen LogP contribution in [0, 0.1) is 6.92 Å². The van der Waals surface area contributed by atoms with Crippen LogP contribution >= 0.6 is 0 Å². The van der Waals surface area contributed by atoms with Crippen molar-refractivity contribution < 1.29 is 4.79 Å². The molecule has 0 aliphatic carbocycles. The first kappa shape index (κ1) is 13.1. The summed E-state index contributed by atoms with van der Waals surface area (Å²) in [5.41, 5.74) is 2.46. The van der Waals surface area contributed by atoms with Gasteiger partial charge in [-0.2, -0.15) is 5.10 Å². The Kier molecular flexibility index (Phi) is 4.18. The zero-order valence-corrected chi connectivity index (χ0v) is 11.2. The van der Waals surface area contributed by atoms with E-state index in [4.69, 9.17) is 0 Å². The van der Waals surface area contributed by atoms with Crippen molar-refractivity contribution in [3.63, 3.8) is 0 Å². The number of amides is 2. The lowest BCUT2D eigenvalue weighted by atomic mass is 10.1. The topological polar surface area (TPSA) is 59.0 Å². The van der Waals surface area contributed by atoms with Gasteiger partial charge in [0, 0.05) is 19.7 Å². The standard InChI is InChI=1S/C14H18N4O/c1-11-3-5-12(6-4-11)7-9-15-14(19)17-13-8-10-16-18(13)2/h3-6,8,10H,7,9H2,1-2H3,(H2,15,17,19). The molecule has 0 atom stereocenters. The zero-order valence-electron chi connectivity index (χ0n) is 11.2. The Morgan fingerprint density at radius 1 is 1.26 bits per heavy atom. The molecule has 0 aliphatic heterocycles. The van der Waals surface area contributed by atoms with Crippen LogP contribution in [0.25, 0.3) is 0 Å². The lowest BCUT2D eigenvalue weighted by molar-refractivity contribution is 0.252. The van der Waals surface area contributed by atoms with Gasteiger partial charge >= 0.3 is 6.03 Å². The second kappa shape index (κ2) is 6.04. The number of nitrogens with zero attached hydrogens (tertiary/aromatic N) is 2. The van der Waals surface area contributed by atoms with Crippen LogP contribution in [0.3, 0.4) is 0 Å². The van der Waals surface area contributed by atoms with Crippen LogP contribution in [0.5, 0.6) is 0 Å². The molecule has 5 heteroatoms. The van der Waals surface area contributed by atoms with Crippen molar-refractivity contribution in [2.75, 3.05) is 11.9 Å². The van der Waals surface area contributed by atoms with Gasteiger partial charge in [-0.15, -0.1) is 0 Å². The average molecular weight is 258 g/mol. The smallest absolute Gasteiger partial charge is 0.320 e. The monoisotopic (exact) mass is 258 g/mol. The third kappa shape index (κ3) is 3.84. The van der Waals surface area contributed by atoms with Gasteiger partial charge in [0.2, 0.25) is 0 Å². The number of hydrogen-bond acceptors (Lipinski definition) is 2. The number of hydrogen-bond donors (Lipinski definition) is 2. The highest BCUT2D eigenvalue weighted by Gasteiger charge is 2.03. The third-order valence-corrected chi connectivity index (χ3v) is 2.88. The van der Waals surface area contributed by atoms with Crippen molar-refractivity contribution in [1.82, 2.24) is 15.1 Å². The molecular weight excluding hydrogens is 240 g/mol. The fraction of sp³-hybridized carbons (Fsp3) is 0.286. The maximum absolute atomic E-state index is 11.6. The minimum absolute atomic E-state index is 0.212. The van der Waals surface area contributed by atoms with Gasteiger partial charge < -0.3 is 5.32 Å². The Hall–Kier alpha value is -2.30. The maximum atomic E-state index is 11.6. The fourth-order valence-electron chi connectivity index (χ4n) is 1.73. The highest BCUT2D eigenvalue weighted by Crippen LogP contribution is 2.04. The number of rotatable bonds is 4. The third-order valence-electron chi connectivity index (χ3n) is 2.88. The Morgan fingerprint density at radius 3 is 2.63 bits per heavy atom. The van der Waals surface area contributed by atoms with E-state index in [0.717, 1.165) is 6.42 Å². The van der Waals surface area contributed by atoms with Crippen molar-refractivity contribution in [1.29, 1.82) is 0 Å². The number of carbonyl (C=O) groups is 1. The predicted molar refractivity (Wildman–Crippen MR) is 75.1 cm³/mol. The van der Waals surface area contributed by atoms with E-state index in [9.17, 15) is 4.79 Å². The lowest BCUT2D eigenvalue weighted by Crippen LogP contribution is -2.31. The lowest BCUT2D eigenvalue weighted by Gasteiger charge is -2.07. The summed E-state index contributed by atoms with van der Waals surface area (Å²) in [6, 6.07) is 9.84. The minimum Gasteiger partial charge on any atom is -0.337 e. The molecule has 0 saturated carbocycles. The van der Waals surface area contributed by atoms with Gasteiger partial charge in [-0.05, 0) is 18.9 Å². The molecule has 100 valence electrons. The molecule has 0 bridgehead atoms. The number of benzene rings is 1. The van der Waals surface area contributed by atoms with E-state index in [1.807, 2.05) is 0 Å². The minimum atomic E-state index is -0.212. The molecule has 5 nitrogen and oxygen atoms in total. The van der Waals surface area contributed by atoms with Gasteiger partial charge in [0.15, 0.2) is 0 Å². The van der Waals surface area contributed by atoms with Crippen LogP contribution < -0.4 is 10.6 Å². The molecule has 2 aromatic rings. The first-order valence-corrected chi connectivity index (χ1v) is 6.23. The molecule has 0 radical (unpaired) electrons. The molecule has 19 heavy (non-hydrogen) atoms. The summed E-state index contributed by atoms with van der Waals surface area (Å²) in [5, 5.41) is 9.54. The SMILES string of the molecule is Cc1ccc(CCNC(=O)Nc2ccnn2C)cc1. The second-order valence-electron chi connectivity index (χ2n) is 4.46. The summed E-state index contributed by atoms with van der Waals surface area (Å²) >= 11 is 0. The molecule has 1 aromatic carbocycles. The normalized spacial score (nSPS) is 10.2. The summed E-state index contributed by atoms with van der Waals surface area (Å²) in [6.07, 6.45) is 2.46. The Bertz CT molecular complexity index is 545. The Labute approximate surface area is 112 Å². The molecule has 2 rings (SSSR count). The van der Waals surface area contributed by atoms with E-state index in [1.165, 1.54) is 11.1 Å². The van der Waals surface area contributed by atoms with E-state index < -0.39 is 0 Å². The van der Waals surface area contributed by atoms with Crippen molar-refractivity contribution in [3.05, 3.63) is 47.7 Å². The first-order chi connectivity index (χ1) is 9.15. The molecule has 2 N–H and O–H groups in total. The van der Waals surface area contributed by atoms with Gasteiger partial charge in [0.05, 0.1) is 6.20 Å². The van der Waals surface area contributed by atoms with Gasteiger partial charge in [-0.3, -0.25) is 10.00 Å². The molecule has 0 aliphatic rings.